The molecule has 0 radical (unpaired) electrons. The number of thioether (sulfide) groups is 1. The molecule has 2 N–H and O–H groups in total. The second-order valence-electron chi connectivity index (χ2n) is 6.47. The lowest BCUT2D eigenvalue weighted by Gasteiger charge is -2.21. The van der Waals surface area contributed by atoms with Crippen molar-refractivity contribution < 1.29 is 48.7 Å². The van der Waals surface area contributed by atoms with E-state index in [4.69, 9.17) is 0 Å². The van der Waals surface area contributed by atoms with Crippen molar-refractivity contribution in [3.05, 3.63) is 41.3 Å². The lowest BCUT2D eigenvalue weighted by molar-refractivity contribution is -0.289. The SMILES string of the molecule is CCSc1cc(C(F)(F)C(F)(F)F)cnc1C(=O)Nc1cc(C(F)(F)C(F)(F)F)cnc1NC. The van der Waals surface area contributed by atoms with E-state index in [9.17, 15) is 48.7 Å². The first-order valence-electron chi connectivity index (χ1n) is 8.99. The summed E-state index contributed by atoms with van der Waals surface area (Å²) in [4.78, 5) is 19.0. The Hall–Kier alpha value is -2.78. The Bertz CT molecular complexity index is 1060. The van der Waals surface area contributed by atoms with Gasteiger partial charge in [-0.2, -0.15) is 43.9 Å². The second-order valence-corrected chi connectivity index (χ2v) is 7.78. The molecule has 2 heterocycles. The first kappa shape index (κ1) is 27.5. The largest absolute Gasteiger partial charge is 0.458 e. The normalized spacial score (nSPS) is 13.1. The first-order chi connectivity index (χ1) is 15.5. The molecule has 0 aliphatic carbocycles. The summed E-state index contributed by atoms with van der Waals surface area (Å²) in [5.74, 6) is -12.1. The molecule has 188 valence electrons. The molecule has 0 spiro atoms. The van der Waals surface area contributed by atoms with Gasteiger partial charge in [-0.15, -0.1) is 11.8 Å². The smallest absolute Gasteiger partial charge is 0.371 e. The van der Waals surface area contributed by atoms with Gasteiger partial charge in [-0.3, -0.25) is 4.79 Å². The monoisotopic (exact) mass is 524 g/mol. The van der Waals surface area contributed by atoms with Crippen LogP contribution < -0.4 is 10.6 Å². The zero-order valence-corrected chi connectivity index (χ0v) is 17.8. The van der Waals surface area contributed by atoms with E-state index in [0.717, 1.165) is 0 Å². The van der Waals surface area contributed by atoms with Gasteiger partial charge in [0, 0.05) is 29.9 Å². The molecule has 0 aliphatic heterocycles. The van der Waals surface area contributed by atoms with Crippen LogP contribution in [0.2, 0.25) is 0 Å². The van der Waals surface area contributed by atoms with E-state index in [-0.39, 0.29) is 24.0 Å². The van der Waals surface area contributed by atoms with Crippen molar-refractivity contribution in [2.75, 3.05) is 23.4 Å². The van der Waals surface area contributed by atoms with Crippen LogP contribution in [0.4, 0.5) is 55.4 Å². The van der Waals surface area contributed by atoms with Gasteiger partial charge in [-0.05, 0) is 17.9 Å². The van der Waals surface area contributed by atoms with Crippen molar-refractivity contribution in [1.82, 2.24) is 9.97 Å². The fraction of sp³-hybridized carbons (Fsp3) is 0.389. The Labute approximate surface area is 189 Å². The van der Waals surface area contributed by atoms with Crippen LogP contribution in [-0.4, -0.2) is 41.0 Å². The van der Waals surface area contributed by atoms with Crippen molar-refractivity contribution in [2.45, 2.75) is 36.0 Å². The number of amides is 1. The third-order valence-electron chi connectivity index (χ3n) is 4.18. The molecule has 0 saturated carbocycles. The number of alkyl halides is 10. The number of pyridine rings is 2. The molecule has 2 aromatic heterocycles. The molecule has 0 saturated heterocycles. The van der Waals surface area contributed by atoms with Gasteiger partial charge in [-0.1, -0.05) is 6.92 Å². The summed E-state index contributed by atoms with van der Waals surface area (Å²) in [5, 5.41) is 4.33. The fourth-order valence-corrected chi connectivity index (χ4v) is 3.30. The maximum Gasteiger partial charge on any atom is 0.458 e. The van der Waals surface area contributed by atoms with Gasteiger partial charge in [0.25, 0.3) is 5.91 Å². The lowest BCUT2D eigenvalue weighted by atomic mass is 10.1. The van der Waals surface area contributed by atoms with Crippen LogP contribution in [-0.2, 0) is 11.8 Å². The number of halogens is 10. The van der Waals surface area contributed by atoms with E-state index < -0.39 is 57.5 Å². The highest BCUT2D eigenvalue weighted by Crippen LogP contribution is 2.46. The number of rotatable bonds is 7. The van der Waals surface area contributed by atoms with Gasteiger partial charge in [0.1, 0.15) is 11.5 Å². The van der Waals surface area contributed by atoms with E-state index in [1.165, 1.54) is 14.0 Å². The maximum absolute atomic E-state index is 13.7. The molecule has 0 aromatic carbocycles. The zero-order valence-electron chi connectivity index (χ0n) is 17.0. The Kier molecular flexibility index (Phi) is 7.64. The number of nitrogens with one attached hydrogen (secondary N) is 2. The van der Waals surface area contributed by atoms with Crippen molar-refractivity contribution >= 4 is 29.2 Å². The van der Waals surface area contributed by atoms with Gasteiger partial charge < -0.3 is 10.6 Å². The summed E-state index contributed by atoms with van der Waals surface area (Å²) in [6.45, 7) is 1.49. The molecule has 16 heteroatoms. The van der Waals surface area contributed by atoms with E-state index in [1.54, 1.807) is 0 Å². The van der Waals surface area contributed by atoms with Crippen LogP contribution in [0.5, 0.6) is 0 Å². The van der Waals surface area contributed by atoms with Gasteiger partial charge >= 0.3 is 24.2 Å². The molecule has 0 bridgehead atoms. The van der Waals surface area contributed by atoms with E-state index in [1.807, 2.05) is 5.32 Å². The predicted octanol–water partition coefficient (Wildman–Crippen LogP) is 6.19. The molecule has 2 rings (SSSR count). The Morgan fingerprint density at radius 3 is 1.85 bits per heavy atom. The second kappa shape index (κ2) is 9.46. The molecule has 0 aliphatic rings. The predicted molar refractivity (Wildman–Crippen MR) is 102 cm³/mol. The van der Waals surface area contributed by atoms with E-state index in [0.29, 0.717) is 23.9 Å². The van der Waals surface area contributed by atoms with Crippen molar-refractivity contribution in [1.29, 1.82) is 0 Å². The minimum absolute atomic E-state index is 0.111. The summed E-state index contributed by atoms with van der Waals surface area (Å²) in [6.07, 6.45) is -11.6. The highest BCUT2D eigenvalue weighted by molar-refractivity contribution is 7.99. The minimum Gasteiger partial charge on any atom is -0.371 e. The fourth-order valence-electron chi connectivity index (χ4n) is 2.49. The molecule has 2 aromatic rings. The average molecular weight is 524 g/mol. The van der Waals surface area contributed by atoms with Crippen molar-refractivity contribution in [3.63, 3.8) is 0 Å². The number of hydrogen-bond acceptors (Lipinski definition) is 5. The number of carbonyl (C=O) groups is 1. The number of hydrogen-bond donors (Lipinski definition) is 2. The van der Waals surface area contributed by atoms with Gasteiger partial charge in [0.15, 0.2) is 0 Å². The number of anilines is 2. The van der Waals surface area contributed by atoms with Crippen LogP contribution in [0, 0.1) is 0 Å². The number of aromatic nitrogens is 2. The number of nitrogens with zero attached hydrogens (tertiary/aromatic N) is 2. The molecule has 34 heavy (non-hydrogen) atoms. The molecule has 5 nitrogen and oxygen atoms in total. The molecule has 0 fully saturated rings. The van der Waals surface area contributed by atoms with Crippen LogP contribution >= 0.6 is 11.8 Å². The van der Waals surface area contributed by atoms with Crippen molar-refractivity contribution in [2.24, 2.45) is 0 Å². The Balaban J connectivity index is 2.50. The molecular weight excluding hydrogens is 510 g/mol. The summed E-state index contributed by atoms with van der Waals surface area (Å²) >= 11 is 0.678. The quantitative estimate of drug-likeness (QED) is 0.334. The molecule has 0 unspecified atom stereocenters. The highest BCUT2D eigenvalue weighted by atomic mass is 32.2. The third-order valence-corrected chi connectivity index (χ3v) is 5.09. The van der Waals surface area contributed by atoms with Gasteiger partial charge in [-0.25, -0.2) is 9.97 Å². The first-order valence-corrected chi connectivity index (χ1v) is 9.98. The summed E-state index contributed by atoms with van der Waals surface area (Å²) in [6, 6.07) is 0.693. The summed E-state index contributed by atoms with van der Waals surface area (Å²) in [7, 11) is 1.21. The average Bonchev–Trinajstić information content (AvgIpc) is 2.72. The maximum atomic E-state index is 13.7. The topological polar surface area (TPSA) is 66.9 Å². The zero-order chi connectivity index (χ0) is 26.1. The Morgan fingerprint density at radius 2 is 1.38 bits per heavy atom. The van der Waals surface area contributed by atoms with Crippen LogP contribution in [0.1, 0.15) is 28.5 Å². The molecular formula is C18H14F10N4OS. The Morgan fingerprint density at radius 1 is 0.882 bits per heavy atom. The van der Waals surface area contributed by atoms with Crippen LogP contribution in [0.3, 0.4) is 0 Å². The summed E-state index contributed by atoms with van der Waals surface area (Å²) < 4.78 is 131. The summed E-state index contributed by atoms with van der Waals surface area (Å²) in [5.41, 5.74) is -4.46. The van der Waals surface area contributed by atoms with E-state index in [2.05, 4.69) is 15.3 Å². The standard InChI is InChI=1S/C18H14F10N4OS/c1-3-34-11-5-9(16(21,22)18(26,27)28)6-30-12(11)14(33)32-10-4-8(7-31-13(10)29-2)15(19,20)17(23,24)25/h4-7H,3H2,1-2H3,(H,29,31)(H,32,33). The van der Waals surface area contributed by atoms with Crippen molar-refractivity contribution in [3.8, 4) is 0 Å². The molecule has 1 amide bonds. The van der Waals surface area contributed by atoms with Gasteiger partial charge in [0.2, 0.25) is 0 Å². The van der Waals surface area contributed by atoms with Crippen LogP contribution in [0.15, 0.2) is 29.4 Å². The molecule has 0 atom stereocenters. The van der Waals surface area contributed by atoms with Gasteiger partial charge in [0.05, 0.1) is 11.3 Å². The van der Waals surface area contributed by atoms with E-state index >= 15 is 0 Å². The lowest BCUT2D eigenvalue weighted by Crippen LogP contribution is -2.34. The highest BCUT2D eigenvalue weighted by Gasteiger charge is 2.60. The van der Waals surface area contributed by atoms with Crippen LogP contribution in [0.25, 0.3) is 0 Å². The number of carbonyl (C=O) groups excluding carboxylic acids is 1. The minimum atomic E-state index is -5.97. The third kappa shape index (κ3) is 5.31.